The largest absolute Gasteiger partial charge is 0.353 e. The van der Waals surface area contributed by atoms with E-state index in [1.54, 1.807) is 23.1 Å². The van der Waals surface area contributed by atoms with Crippen LogP contribution in [0.3, 0.4) is 0 Å². The Balaban J connectivity index is 2.08. The van der Waals surface area contributed by atoms with Crippen LogP contribution in [0, 0.1) is 5.92 Å². The van der Waals surface area contributed by atoms with Crippen molar-refractivity contribution in [3.63, 3.8) is 0 Å². The molecule has 0 bridgehead atoms. The summed E-state index contributed by atoms with van der Waals surface area (Å²) in [6, 6.07) is 7.24. The van der Waals surface area contributed by atoms with Gasteiger partial charge in [0.15, 0.2) is 0 Å². The number of hydrogen-bond acceptors (Lipinski definition) is 2. The molecule has 0 saturated carbocycles. The third-order valence-corrected chi connectivity index (χ3v) is 3.88. The lowest BCUT2D eigenvalue weighted by Gasteiger charge is -2.18. The zero-order valence-electron chi connectivity index (χ0n) is 11.7. The molecule has 1 N–H and O–H groups in total. The monoisotopic (exact) mass is 294 g/mol. The molecule has 1 fully saturated rings. The molecule has 1 aromatic rings. The van der Waals surface area contributed by atoms with E-state index in [1.807, 2.05) is 19.9 Å². The van der Waals surface area contributed by atoms with E-state index >= 15 is 0 Å². The normalized spacial score (nSPS) is 20.1. The van der Waals surface area contributed by atoms with Crippen molar-refractivity contribution in [2.45, 2.75) is 32.7 Å². The number of hydrogen-bond donors (Lipinski definition) is 1. The minimum Gasteiger partial charge on any atom is -0.353 e. The number of anilines is 1. The van der Waals surface area contributed by atoms with Crippen molar-refractivity contribution in [2.75, 3.05) is 11.4 Å². The van der Waals surface area contributed by atoms with E-state index in [0.717, 1.165) is 12.1 Å². The van der Waals surface area contributed by atoms with Gasteiger partial charge in [0.25, 0.3) is 0 Å². The number of rotatable bonds is 4. The molecule has 1 aliphatic rings. The van der Waals surface area contributed by atoms with Crippen LogP contribution in [0.2, 0.25) is 5.02 Å². The molecule has 5 heteroatoms. The van der Waals surface area contributed by atoms with Gasteiger partial charge in [-0.15, -0.1) is 0 Å². The molecule has 1 aliphatic heterocycles. The first-order valence-corrected chi connectivity index (χ1v) is 7.28. The molecule has 2 amide bonds. The van der Waals surface area contributed by atoms with E-state index in [0.29, 0.717) is 18.0 Å². The van der Waals surface area contributed by atoms with Crippen LogP contribution in [-0.4, -0.2) is 24.4 Å². The van der Waals surface area contributed by atoms with E-state index in [-0.39, 0.29) is 17.9 Å². The van der Waals surface area contributed by atoms with E-state index in [2.05, 4.69) is 5.32 Å². The van der Waals surface area contributed by atoms with Gasteiger partial charge in [-0.2, -0.15) is 0 Å². The van der Waals surface area contributed by atoms with Crippen molar-refractivity contribution in [3.8, 4) is 0 Å². The molecular weight excluding hydrogens is 276 g/mol. The fourth-order valence-corrected chi connectivity index (χ4v) is 2.45. The molecule has 4 nitrogen and oxygen atoms in total. The topological polar surface area (TPSA) is 49.4 Å². The lowest BCUT2D eigenvalue weighted by molar-refractivity contribution is -0.132. The summed E-state index contributed by atoms with van der Waals surface area (Å²) in [6.45, 7) is 4.49. The number of nitrogens with one attached hydrogen (secondary N) is 1. The molecule has 20 heavy (non-hydrogen) atoms. The van der Waals surface area contributed by atoms with Gasteiger partial charge in [-0.25, -0.2) is 0 Å². The summed E-state index contributed by atoms with van der Waals surface area (Å²) in [4.78, 5) is 26.1. The highest BCUT2D eigenvalue weighted by molar-refractivity contribution is 6.31. The van der Waals surface area contributed by atoms with Gasteiger partial charge in [0.05, 0.1) is 0 Å². The van der Waals surface area contributed by atoms with Crippen LogP contribution in [0.1, 0.15) is 26.7 Å². The second-order valence-electron chi connectivity index (χ2n) is 5.13. The second-order valence-corrected chi connectivity index (χ2v) is 5.57. The Morgan fingerprint density at radius 2 is 2.30 bits per heavy atom. The minimum atomic E-state index is -0.581. The maximum absolute atomic E-state index is 12.4. The standard InChI is InChI=1S/C15H19ClN2O2/c1-3-10(2)17-14(19)13-7-8-18(15(13)20)12-6-4-5-11(16)9-12/h4-6,9-10,13H,3,7-8H2,1-2H3,(H,17,19)/t10-,13+/m0/s1. The van der Waals surface area contributed by atoms with Crippen molar-refractivity contribution in [3.05, 3.63) is 29.3 Å². The third kappa shape index (κ3) is 3.12. The van der Waals surface area contributed by atoms with Gasteiger partial charge in [0, 0.05) is 23.3 Å². The molecule has 0 unspecified atom stereocenters. The van der Waals surface area contributed by atoms with Crippen LogP contribution in [-0.2, 0) is 9.59 Å². The molecule has 2 atom stereocenters. The summed E-state index contributed by atoms with van der Waals surface area (Å²) < 4.78 is 0. The lowest BCUT2D eigenvalue weighted by Crippen LogP contribution is -2.40. The highest BCUT2D eigenvalue weighted by Gasteiger charge is 2.37. The number of halogens is 1. The molecule has 1 saturated heterocycles. The van der Waals surface area contributed by atoms with Crippen LogP contribution in [0.15, 0.2) is 24.3 Å². The molecular formula is C15H19ClN2O2. The van der Waals surface area contributed by atoms with Gasteiger partial charge in [-0.1, -0.05) is 24.6 Å². The molecule has 0 aliphatic carbocycles. The molecule has 0 radical (unpaired) electrons. The number of nitrogens with zero attached hydrogens (tertiary/aromatic N) is 1. The Morgan fingerprint density at radius 1 is 1.55 bits per heavy atom. The van der Waals surface area contributed by atoms with Crippen LogP contribution >= 0.6 is 11.6 Å². The van der Waals surface area contributed by atoms with Crippen molar-refractivity contribution in [1.29, 1.82) is 0 Å². The Hall–Kier alpha value is -1.55. The first-order chi connectivity index (χ1) is 9.52. The average molecular weight is 295 g/mol. The summed E-state index contributed by atoms with van der Waals surface area (Å²) in [5, 5.41) is 3.46. The summed E-state index contributed by atoms with van der Waals surface area (Å²) in [5.74, 6) is -0.898. The average Bonchev–Trinajstić information content (AvgIpc) is 2.80. The minimum absolute atomic E-state index is 0.0931. The van der Waals surface area contributed by atoms with Crippen molar-refractivity contribution >= 4 is 29.1 Å². The van der Waals surface area contributed by atoms with E-state index < -0.39 is 5.92 Å². The molecule has 0 spiro atoms. The fourth-order valence-electron chi connectivity index (χ4n) is 2.27. The van der Waals surface area contributed by atoms with Crippen LogP contribution < -0.4 is 10.2 Å². The van der Waals surface area contributed by atoms with Crippen LogP contribution in [0.4, 0.5) is 5.69 Å². The third-order valence-electron chi connectivity index (χ3n) is 3.64. The fraction of sp³-hybridized carbons (Fsp3) is 0.467. The Morgan fingerprint density at radius 3 is 2.95 bits per heavy atom. The molecule has 2 rings (SSSR count). The number of carbonyl (C=O) groups excluding carboxylic acids is 2. The summed E-state index contributed by atoms with van der Waals surface area (Å²) in [6.07, 6.45) is 1.40. The number of benzene rings is 1. The first-order valence-electron chi connectivity index (χ1n) is 6.90. The summed E-state index contributed by atoms with van der Waals surface area (Å²) >= 11 is 5.94. The van der Waals surface area contributed by atoms with E-state index in [1.165, 1.54) is 0 Å². The van der Waals surface area contributed by atoms with Crippen LogP contribution in [0.25, 0.3) is 0 Å². The van der Waals surface area contributed by atoms with Gasteiger partial charge in [-0.3, -0.25) is 9.59 Å². The van der Waals surface area contributed by atoms with Gasteiger partial charge < -0.3 is 10.2 Å². The van der Waals surface area contributed by atoms with Crippen molar-refractivity contribution in [1.82, 2.24) is 5.32 Å². The SMILES string of the molecule is CC[C@H](C)NC(=O)[C@H]1CCN(c2cccc(Cl)c2)C1=O. The molecule has 0 aromatic heterocycles. The summed E-state index contributed by atoms with van der Waals surface area (Å²) in [5.41, 5.74) is 0.751. The first kappa shape index (κ1) is 14.9. The van der Waals surface area contributed by atoms with E-state index in [9.17, 15) is 9.59 Å². The van der Waals surface area contributed by atoms with Gasteiger partial charge in [-0.05, 0) is 38.0 Å². The van der Waals surface area contributed by atoms with Gasteiger partial charge in [0.1, 0.15) is 5.92 Å². The highest BCUT2D eigenvalue weighted by atomic mass is 35.5. The van der Waals surface area contributed by atoms with Crippen molar-refractivity contribution < 1.29 is 9.59 Å². The molecule has 1 aromatic carbocycles. The number of amides is 2. The molecule has 108 valence electrons. The maximum atomic E-state index is 12.4. The van der Waals surface area contributed by atoms with Crippen molar-refractivity contribution in [2.24, 2.45) is 5.92 Å². The van der Waals surface area contributed by atoms with E-state index in [4.69, 9.17) is 11.6 Å². The Labute approximate surface area is 124 Å². The predicted molar refractivity (Wildman–Crippen MR) is 79.8 cm³/mol. The highest BCUT2D eigenvalue weighted by Crippen LogP contribution is 2.27. The maximum Gasteiger partial charge on any atom is 0.239 e. The lowest BCUT2D eigenvalue weighted by atomic mass is 10.1. The zero-order valence-corrected chi connectivity index (χ0v) is 12.5. The Kier molecular flexibility index (Phi) is 4.65. The summed E-state index contributed by atoms with van der Waals surface area (Å²) in [7, 11) is 0. The van der Waals surface area contributed by atoms with Gasteiger partial charge >= 0.3 is 0 Å². The predicted octanol–water partition coefficient (Wildman–Crippen LogP) is 2.61. The molecule has 1 heterocycles. The van der Waals surface area contributed by atoms with Gasteiger partial charge in [0.2, 0.25) is 11.8 Å². The van der Waals surface area contributed by atoms with Crippen LogP contribution in [0.5, 0.6) is 0 Å². The zero-order chi connectivity index (χ0) is 14.7. The second kappa shape index (κ2) is 6.27. The quantitative estimate of drug-likeness (QED) is 0.868. The smallest absolute Gasteiger partial charge is 0.239 e. The number of carbonyl (C=O) groups is 2. The Bertz CT molecular complexity index is 518.